The fraction of sp³-hybridized carbons (Fsp3) is 0.889. The molecule has 0 aliphatic heterocycles. The van der Waals surface area contributed by atoms with Crippen LogP contribution in [0, 0.1) is 17.8 Å². The number of aliphatic carboxylic acids is 1. The van der Waals surface area contributed by atoms with E-state index >= 15 is 0 Å². The molecule has 0 aromatic carbocycles. The molecular formula is C9H13O3-. The number of aliphatic hydroxyl groups is 1. The van der Waals surface area contributed by atoms with Gasteiger partial charge in [-0.25, -0.2) is 0 Å². The molecule has 2 aliphatic carbocycles. The lowest BCUT2D eigenvalue weighted by Gasteiger charge is -2.25. The van der Waals surface area contributed by atoms with Crippen molar-refractivity contribution in [2.24, 2.45) is 17.8 Å². The Balaban J connectivity index is 2.10. The fourth-order valence-corrected chi connectivity index (χ4v) is 2.71. The second kappa shape index (κ2) is 2.73. The van der Waals surface area contributed by atoms with Crippen LogP contribution in [-0.4, -0.2) is 17.2 Å². The minimum Gasteiger partial charge on any atom is -0.550 e. The van der Waals surface area contributed by atoms with Gasteiger partial charge in [-0.3, -0.25) is 0 Å². The number of aliphatic hydroxyl groups excluding tert-OH is 1. The monoisotopic (exact) mass is 169 g/mol. The Morgan fingerprint density at radius 2 is 2.00 bits per heavy atom. The SMILES string of the molecule is O=C([O-])[C@@H]1C[C@@H]2C[C@H]1CC[C@H]2O. The fourth-order valence-electron chi connectivity index (χ4n) is 2.71. The molecule has 2 saturated carbocycles. The molecule has 68 valence electrons. The summed E-state index contributed by atoms with van der Waals surface area (Å²) in [5.41, 5.74) is 0. The zero-order chi connectivity index (χ0) is 8.72. The Kier molecular flexibility index (Phi) is 1.83. The zero-order valence-electron chi connectivity index (χ0n) is 6.90. The van der Waals surface area contributed by atoms with Crippen LogP contribution in [0.3, 0.4) is 0 Å². The van der Waals surface area contributed by atoms with E-state index in [2.05, 4.69) is 0 Å². The Morgan fingerprint density at radius 1 is 1.25 bits per heavy atom. The van der Waals surface area contributed by atoms with E-state index in [1.165, 1.54) is 0 Å². The van der Waals surface area contributed by atoms with Crippen LogP contribution < -0.4 is 5.11 Å². The average molecular weight is 169 g/mol. The van der Waals surface area contributed by atoms with Gasteiger partial charge in [0.15, 0.2) is 0 Å². The van der Waals surface area contributed by atoms with E-state index in [-0.39, 0.29) is 23.9 Å². The topological polar surface area (TPSA) is 60.4 Å². The first-order chi connectivity index (χ1) is 5.68. The highest BCUT2D eigenvalue weighted by Crippen LogP contribution is 2.45. The summed E-state index contributed by atoms with van der Waals surface area (Å²) in [4.78, 5) is 10.7. The Labute approximate surface area is 71.4 Å². The summed E-state index contributed by atoms with van der Waals surface area (Å²) in [6.07, 6.45) is 2.90. The average Bonchev–Trinajstić information content (AvgIpc) is 2.37. The summed E-state index contributed by atoms with van der Waals surface area (Å²) in [7, 11) is 0. The summed E-state index contributed by atoms with van der Waals surface area (Å²) in [5, 5.41) is 20.1. The molecule has 4 atom stereocenters. The maximum atomic E-state index is 10.7. The van der Waals surface area contributed by atoms with Crippen molar-refractivity contribution < 1.29 is 15.0 Å². The third kappa shape index (κ3) is 1.12. The van der Waals surface area contributed by atoms with Crippen molar-refractivity contribution in [3.63, 3.8) is 0 Å². The van der Waals surface area contributed by atoms with Crippen LogP contribution in [0.15, 0.2) is 0 Å². The number of carbonyl (C=O) groups is 1. The van der Waals surface area contributed by atoms with Crippen LogP contribution >= 0.6 is 0 Å². The molecule has 0 unspecified atom stereocenters. The normalized spacial score (nSPS) is 46.1. The first-order valence-corrected chi connectivity index (χ1v) is 4.57. The van der Waals surface area contributed by atoms with E-state index in [0.29, 0.717) is 6.42 Å². The van der Waals surface area contributed by atoms with Gasteiger partial charge in [0.25, 0.3) is 0 Å². The number of rotatable bonds is 1. The number of hydrogen-bond donors (Lipinski definition) is 1. The molecule has 2 fully saturated rings. The van der Waals surface area contributed by atoms with Gasteiger partial charge in [-0.15, -0.1) is 0 Å². The van der Waals surface area contributed by atoms with Gasteiger partial charge in [0, 0.05) is 11.9 Å². The maximum Gasteiger partial charge on any atom is 0.0568 e. The highest BCUT2D eigenvalue weighted by molar-refractivity contribution is 5.68. The van der Waals surface area contributed by atoms with Crippen molar-refractivity contribution in [1.29, 1.82) is 0 Å². The van der Waals surface area contributed by atoms with Crippen LogP contribution in [-0.2, 0) is 4.79 Å². The molecule has 2 aliphatic rings. The van der Waals surface area contributed by atoms with Crippen LogP contribution in [0.1, 0.15) is 25.7 Å². The van der Waals surface area contributed by atoms with Crippen molar-refractivity contribution in [3.05, 3.63) is 0 Å². The second-order valence-corrected chi connectivity index (χ2v) is 4.06. The standard InChI is InChI=1S/C9H14O3/c10-8-2-1-5-3-6(8)4-7(5)9(11)12/h5-8,10H,1-4H2,(H,11,12)/p-1/t5-,6+,7-,8-/m1/s1. The molecule has 0 amide bonds. The highest BCUT2D eigenvalue weighted by atomic mass is 16.4. The predicted octanol–water partition coefficient (Wildman–Crippen LogP) is -0.467. The third-order valence-electron chi connectivity index (χ3n) is 3.41. The summed E-state index contributed by atoms with van der Waals surface area (Å²) in [5.74, 6) is -0.696. The molecule has 3 heteroatoms. The summed E-state index contributed by atoms with van der Waals surface area (Å²) in [6.45, 7) is 0. The number of carbonyl (C=O) groups excluding carboxylic acids is 1. The van der Waals surface area contributed by atoms with E-state index in [4.69, 9.17) is 0 Å². The molecule has 0 spiro atoms. The molecule has 0 heterocycles. The smallest absolute Gasteiger partial charge is 0.0568 e. The number of carboxylic acids is 1. The third-order valence-corrected chi connectivity index (χ3v) is 3.41. The predicted molar refractivity (Wildman–Crippen MR) is 40.0 cm³/mol. The van der Waals surface area contributed by atoms with Crippen LogP contribution in [0.5, 0.6) is 0 Å². The molecule has 12 heavy (non-hydrogen) atoms. The molecule has 0 aromatic rings. The van der Waals surface area contributed by atoms with Crippen molar-refractivity contribution in [2.75, 3.05) is 0 Å². The molecule has 3 nitrogen and oxygen atoms in total. The lowest BCUT2D eigenvalue weighted by molar-refractivity contribution is -0.312. The van der Waals surface area contributed by atoms with Crippen molar-refractivity contribution in [1.82, 2.24) is 0 Å². The molecule has 0 aromatic heterocycles. The van der Waals surface area contributed by atoms with Crippen LogP contribution in [0.2, 0.25) is 0 Å². The maximum absolute atomic E-state index is 10.7. The van der Waals surface area contributed by atoms with E-state index in [0.717, 1.165) is 19.3 Å². The Bertz CT molecular complexity index is 202. The second-order valence-electron chi connectivity index (χ2n) is 4.06. The lowest BCUT2D eigenvalue weighted by Crippen LogP contribution is -2.33. The van der Waals surface area contributed by atoms with Gasteiger partial charge >= 0.3 is 0 Å². The van der Waals surface area contributed by atoms with E-state index < -0.39 is 5.97 Å². The zero-order valence-corrected chi connectivity index (χ0v) is 6.90. The van der Waals surface area contributed by atoms with Gasteiger partial charge in [0.1, 0.15) is 0 Å². The van der Waals surface area contributed by atoms with Gasteiger partial charge in [0.05, 0.1) is 6.10 Å². The van der Waals surface area contributed by atoms with Crippen molar-refractivity contribution in [3.8, 4) is 0 Å². The highest BCUT2D eigenvalue weighted by Gasteiger charge is 2.41. The van der Waals surface area contributed by atoms with Crippen LogP contribution in [0.25, 0.3) is 0 Å². The number of carboxylic acid groups (broad SMARTS) is 1. The van der Waals surface area contributed by atoms with Gasteiger partial charge < -0.3 is 15.0 Å². The Hall–Kier alpha value is -0.570. The summed E-state index contributed by atoms with van der Waals surface area (Å²) >= 11 is 0. The summed E-state index contributed by atoms with van der Waals surface area (Å²) in [6, 6.07) is 0. The van der Waals surface area contributed by atoms with Gasteiger partial charge in [-0.2, -0.15) is 0 Å². The van der Waals surface area contributed by atoms with Gasteiger partial charge in [0.2, 0.25) is 0 Å². The molecule has 0 radical (unpaired) electrons. The minimum absolute atomic E-state index is 0.228. The van der Waals surface area contributed by atoms with Gasteiger partial charge in [-0.05, 0) is 37.5 Å². The van der Waals surface area contributed by atoms with Gasteiger partial charge in [-0.1, -0.05) is 0 Å². The molecular weight excluding hydrogens is 156 g/mol. The molecule has 2 rings (SSSR count). The van der Waals surface area contributed by atoms with Crippen molar-refractivity contribution in [2.45, 2.75) is 31.8 Å². The first-order valence-electron chi connectivity index (χ1n) is 4.57. The van der Waals surface area contributed by atoms with E-state index in [1.54, 1.807) is 0 Å². The number of fused-ring (bicyclic) bond motifs is 2. The Morgan fingerprint density at radius 3 is 2.58 bits per heavy atom. The quantitative estimate of drug-likeness (QED) is 0.577. The van der Waals surface area contributed by atoms with E-state index in [1.807, 2.05) is 0 Å². The minimum atomic E-state index is -0.920. The summed E-state index contributed by atoms with van der Waals surface area (Å²) < 4.78 is 0. The number of hydrogen-bond acceptors (Lipinski definition) is 3. The van der Waals surface area contributed by atoms with E-state index in [9.17, 15) is 15.0 Å². The van der Waals surface area contributed by atoms with Crippen LogP contribution in [0.4, 0.5) is 0 Å². The first kappa shape index (κ1) is 8.05. The lowest BCUT2D eigenvalue weighted by atomic mass is 9.85. The molecule has 2 bridgehead atoms. The van der Waals surface area contributed by atoms with Crippen molar-refractivity contribution >= 4 is 5.97 Å². The molecule has 1 N–H and O–H groups in total. The molecule has 0 saturated heterocycles. The largest absolute Gasteiger partial charge is 0.550 e.